The molecule has 1 heterocycles. The lowest BCUT2D eigenvalue weighted by molar-refractivity contribution is -0.126. The van der Waals surface area contributed by atoms with Crippen LogP contribution in [0.5, 0.6) is 0 Å². The monoisotopic (exact) mass is 362 g/mol. The fourth-order valence-corrected chi connectivity index (χ4v) is 9.78. The van der Waals surface area contributed by atoms with Crippen molar-refractivity contribution in [3.63, 3.8) is 0 Å². The molecule has 0 aromatic carbocycles. The van der Waals surface area contributed by atoms with Crippen molar-refractivity contribution in [2.45, 2.75) is 68.8 Å². The van der Waals surface area contributed by atoms with Crippen molar-refractivity contribution < 1.29 is 4.79 Å². The first kappa shape index (κ1) is 17.3. The van der Waals surface area contributed by atoms with Gasteiger partial charge in [0.1, 0.15) is 5.78 Å². The highest BCUT2D eigenvalue weighted by atomic mass is 32.2. The summed E-state index contributed by atoms with van der Waals surface area (Å²) in [5.74, 6) is 4.01. The van der Waals surface area contributed by atoms with Crippen LogP contribution in [0.25, 0.3) is 0 Å². The van der Waals surface area contributed by atoms with Gasteiger partial charge >= 0.3 is 0 Å². The molecule has 0 unspecified atom stereocenters. The van der Waals surface area contributed by atoms with Crippen molar-refractivity contribution in [3.05, 3.63) is 23.8 Å². The van der Waals surface area contributed by atoms with Crippen molar-refractivity contribution in [1.29, 1.82) is 0 Å². The molecule has 1 saturated heterocycles. The second-order valence-corrected chi connectivity index (χ2v) is 11.0. The molecule has 0 amide bonds. The van der Waals surface area contributed by atoms with Crippen molar-refractivity contribution in [3.8, 4) is 0 Å². The van der Waals surface area contributed by atoms with Crippen LogP contribution < -0.4 is 0 Å². The standard InChI is InChI=1S/C21H30OS2/c1-14(2)16-12-17-20(3,18(22)13-16)21(17)19(23-10-7-11-24-21)15-8-5-4-6-9-15/h8,16-17,19H,1,4-7,9-13H2,2-3H3/t16-,17-,19-,20-,21+/m1/s1. The van der Waals surface area contributed by atoms with Gasteiger partial charge in [-0.3, -0.25) is 4.79 Å². The van der Waals surface area contributed by atoms with Gasteiger partial charge in [-0.1, -0.05) is 30.7 Å². The quantitative estimate of drug-likeness (QED) is 0.590. The fourth-order valence-electron chi connectivity index (χ4n) is 5.60. The second kappa shape index (κ2) is 6.23. The highest BCUT2D eigenvalue weighted by Crippen LogP contribution is 2.78. The van der Waals surface area contributed by atoms with Crippen LogP contribution in [0.4, 0.5) is 0 Å². The highest BCUT2D eigenvalue weighted by Gasteiger charge is 2.81. The first-order valence-corrected chi connectivity index (χ1v) is 11.7. The summed E-state index contributed by atoms with van der Waals surface area (Å²) in [4.78, 5) is 13.2. The number of carbonyl (C=O) groups is 1. The minimum absolute atomic E-state index is 0.0795. The number of fused-ring (bicyclic) bond motifs is 3. The number of hydrogen-bond donors (Lipinski definition) is 0. The summed E-state index contributed by atoms with van der Waals surface area (Å²) < 4.78 is 0.179. The molecule has 4 rings (SSSR count). The maximum Gasteiger partial charge on any atom is 0.141 e. The van der Waals surface area contributed by atoms with E-state index in [-0.39, 0.29) is 10.2 Å². The predicted octanol–water partition coefficient (Wildman–Crippen LogP) is 5.66. The van der Waals surface area contributed by atoms with Crippen LogP contribution in [0.15, 0.2) is 23.8 Å². The van der Waals surface area contributed by atoms with Gasteiger partial charge in [0, 0.05) is 21.8 Å². The van der Waals surface area contributed by atoms with Gasteiger partial charge in [-0.2, -0.15) is 23.5 Å². The van der Waals surface area contributed by atoms with Crippen LogP contribution in [0, 0.1) is 17.3 Å². The van der Waals surface area contributed by atoms with E-state index in [0.717, 1.165) is 6.42 Å². The van der Waals surface area contributed by atoms with E-state index >= 15 is 0 Å². The van der Waals surface area contributed by atoms with Crippen LogP contribution in [0.3, 0.4) is 0 Å². The largest absolute Gasteiger partial charge is 0.299 e. The van der Waals surface area contributed by atoms with Crippen molar-refractivity contribution in [2.24, 2.45) is 17.3 Å². The molecule has 24 heavy (non-hydrogen) atoms. The maximum absolute atomic E-state index is 13.2. The van der Waals surface area contributed by atoms with E-state index in [9.17, 15) is 4.79 Å². The summed E-state index contributed by atoms with van der Waals surface area (Å²) in [5.41, 5.74) is 2.81. The van der Waals surface area contributed by atoms with E-state index in [0.29, 0.717) is 22.9 Å². The van der Waals surface area contributed by atoms with E-state index in [1.165, 1.54) is 55.6 Å². The zero-order valence-electron chi connectivity index (χ0n) is 15.1. The number of allylic oxidation sites excluding steroid dienone is 2. The molecule has 4 aliphatic rings. The van der Waals surface area contributed by atoms with Crippen LogP contribution in [-0.2, 0) is 4.79 Å². The molecule has 1 nitrogen and oxygen atoms in total. The molecule has 0 radical (unpaired) electrons. The summed E-state index contributed by atoms with van der Waals surface area (Å²) in [5, 5.41) is 0.577. The lowest BCUT2D eigenvalue weighted by Crippen LogP contribution is -2.34. The molecular formula is C21H30OS2. The Morgan fingerprint density at radius 3 is 2.83 bits per heavy atom. The Bertz CT molecular complexity index is 595. The van der Waals surface area contributed by atoms with Crippen LogP contribution >= 0.6 is 23.5 Å². The van der Waals surface area contributed by atoms with Gasteiger partial charge in [0.2, 0.25) is 0 Å². The molecule has 3 aliphatic carbocycles. The van der Waals surface area contributed by atoms with Crippen molar-refractivity contribution >= 4 is 29.3 Å². The van der Waals surface area contributed by atoms with Crippen molar-refractivity contribution in [2.75, 3.05) is 11.5 Å². The van der Waals surface area contributed by atoms with E-state index in [1.54, 1.807) is 5.57 Å². The molecular weight excluding hydrogens is 332 g/mol. The topological polar surface area (TPSA) is 17.1 Å². The summed E-state index contributed by atoms with van der Waals surface area (Å²) in [7, 11) is 0. The number of hydrogen-bond acceptors (Lipinski definition) is 3. The minimum atomic E-state index is -0.0795. The van der Waals surface area contributed by atoms with Gasteiger partial charge in [-0.15, -0.1) is 0 Å². The first-order chi connectivity index (χ1) is 11.5. The zero-order chi connectivity index (χ0) is 16.9. The number of thioether (sulfide) groups is 2. The lowest BCUT2D eigenvalue weighted by Gasteiger charge is -2.32. The molecule has 0 bridgehead atoms. The second-order valence-electron chi connectivity index (χ2n) is 8.43. The lowest BCUT2D eigenvalue weighted by atomic mass is 9.79. The van der Waals surface area contributed by atoms with E-state index in [4.69, 9.17) is 0 Å². The Balaban J connectivity index is 1.72. The van der Waals surface area contributed by atoms with Crippen molar-refractivity contribution in [1.82, 2.24) is 0 Å². The molecule has 0 aromatic rings. The number of Topliss-reactive ketones (excluding diaryl/α,β-unsaturated/α-hetero) is 1. The third-order valence-electron chi connectivity index (χ3n) is 7.14. The molecule has 1 aliphatic heterocycles. The molecule has 0 aromatic heterocycles. The Labute approximate surface area is 155 Å². The number of ketones is 1. The highest BCUT2D eigenvalue weighted by molar-refractivity contribution is 8.05. The van der Waals surface area contributed by atoms with Gasteiger partial charge in [0.15, 0.2) is 0 Å². The van der Waals surface area contributed by atoms with Gasteiger partial charge in [0.25, 0.3) is 0 Å². The molecule has 3 heteroatoms. The molecule has 5 atom stereocenters. The van der Waals surface area contributed by atoms with Crippen LogP contribution in [0.2, 0.25) is 0 Å². The Hall–Kier alpha value is -0.150. The predicted molar refractivity (Wildman–Crippen MR) is 107 cm³/mol. The Morgan fingerprint density at radius 2 is 2.12 bits per heavy atom. The third-order valence-corrected chi connectivity index (χ3v) is 10.7. The minimum Gasteiger partial charge on any atom is -0.299 e. The summed E-state index contributed by atoms with van der Waals surface area (Å²) in [6, 6.07) is 0. The number of carbonyl (C=O) groups excluding carboxylic acids is 1. The summed E-state index contributed by atoms with van der Waals surface area (Å²) >= 11 is 4.34. The zero-order valence-corrected chi connectivity index (χ0v) is 16.7. The normalized spacial score (nSPS) is 45.3. The Morgan fingerprint density at radius 1 is 1.29 bits per heavy atom. The molecule has 0 N–H and O–H groups in total. The summed E-state index contributed by atoms with van der Waals surface area (Å²) in [6.45, 7) is 8.60. The third kappa shape index (κ3) is 2.33. The van der Waals surface area contributed by atoms with Gasteiger partial charge in [-0.25, -0.2) is 0 Å². The number of rotatable bonds is 2. The van der Waals surface area contributed by atoms with E-state index in [1.807, 2.05) is 0 Å². The van der Waals surface area contributed by atoms with Gasteiger partial charge in [-0.05, 0) is 68.8 Å². The first-order valence-electron chi connectivity index (χ1n) is 9.65. The summed E-state index contributed by atoms with van der Waals surface area (Å²) in [6.07, 6.45) is 10.9. The SMILES string of the molecule is C=C(C)[C@H]1CC(=O)[C@@]2(C)[C@@H](C1)[C@@]21SCCCS[C@@H]1C1=CCCCC1. The maximum atomic E-state index is 13.2. The average molecular weight is 363 g/mol. The molecule has 132 valence electrons. The van der Waals surface area contributed by atoms with E-state index in [2.05, 4.69) is 50.0 Å². The molecule has 3 fully saturated rings. The average Bonchev–Trinajstić information content (AvgIpc) is 3.20. The van der Waals surface area contributed by atoms with E-state index < -0.39 is 0 Å². The van der Waals surface area contributed by atoms with Crippen LogP contribution in [0.1, 0.15) is 58.8 Å². The fraction of sp³-hybridized carbons (Fsp3) is 0.762. The van der Waals surface area contributed by atoms with Crippen LogP contribution in [-0.4, -0.2) is 27.3 Å². The van der Waals surface area contributed by atoms with Gasteiger partial charge in [0.05, 0.1) is 0 Å². The molecule has 1 spiro atoms. The smallest absolute Gasteiger partial charge is 0.141 e. The van der Waals surface area contributed by atoms with Gasteiger partial charge < -0.3 is 0 Å². The molecule has 2 saturated carbocycles. The Kier molecular flexibility index (Phi) is 4.48.